The summed E-state index contributed by atoms with van der Waals surface area (Å²) in [5.41, 5.74) is 0. The first-order valence-electron chi connectivity index (χ1n) is 7.50. The molecule has 0 nitrogen and oxygen atoms in total. The molecule has 0 aliphatic heterocycles. The molecule has 0 aromatic rings. The normalized spacial score (nSPS) is 14.1. The van der Waals surface area contributed by atoms with Gasteiger partial charge in [0.05, 0.1) is 0 Å². The van der Waals surface area contributed by atoms with Crippen molar-refractivity contribution in [2.24, 2.45) is 17.8 Å². The van der Waals surface area contributed by atoms with Gasteiger partial charge in [0, 0.05) is 0 Å². The van der Waals surface area contributed by atoms with Crippen molar-refractivity contribution in [3.8, 4) is 0 Å². The Morgan fingerprint density at radius 2 is 0.882 bits per heavy atom. The third kappa shape index (κ3) is 5.98. The topological polar surface area (TPSA) is 0 Å². The first kappa shape index (κ1) is 17.8. The summed E-state index contributed by atoms with van der Waals surface area (Å²) in [5, 5.41) is 0. The summed E-state index contributed by atoms with van der Waals surface area (Å²) < 4.78 is 5.35. The van der Waals surface area contributed by atoms with E-state index in [9.17, 15) is 0 Å². The van der Waals surface area contributed by atoms with Gasteiger partial charge in [0.1, 0.15) is 0 Å². The second-order valence-corrected chi connectivity index (χ2v) is 23.4. The van der Waals surface area contributed by atoms with Crippen LogP contribution in [-0.4, -0.2) is 18.4 Å². The van der Waals surface area contributed by atoms with Crippen LogP contribution in [0.2, 0.25) is 16.7 Å². The molecule has 104 valence electrons. The minimum atomic E-state index is -2.05. The molecular formula is C16H36Sn. The van der Waals surface area contributed by atoms with E-state index in [4.69, 9.17) is 0 Å². The summed E-state index contributed by atoms with van der Waals surface area (Å²) in [6.45, 7) is 22.2. The predicted octanol–water partition coefficient (Wildman–Crippen LogP) is 6.20. The second kappa shape index (κ2) is 6.82. The number of hydrogen-bond acceptors (Lipinski definition) is 0. The zero-order valence-corrected chi connectivity index (χ0v) is 16.7. The van der Waals surface area contributed by atoms with Crippen LogP contribution in [0.3, 0.4) is 0 Å². The monoisotopic (exact) mass is 348 g/mol. The molecule has 0 aliphatic rings. The Labute approximate surface area is 115 Å². The summed E-state index contributed by atoms with van der Waals surface area (Å²) >= 11 is -2.05. The van der Waals surface area contributed by atoms with Crippen molar-refractivity contribution < 1.29 is 0 Å². The van der Waals surface area contributed by atoms with Gasteiger partial charge in [-0.05, 0) is 0 Å². The molecule has 0 fully saturated rings. The molecule has 0 saturated carbocycles. The molecular weight excluding hydrogens is 311 g/mol. The van der Waals surface area contributed by atoms with Crippen molar-refractivity contribution in [2.45, 2.75) is 79.1 Å². The SMILES string of the molecule is CC(C)[CH2][Sn]([CH2]C(C)C)([CH2]C(C)C)[C](C)(C)C. The van der Waals surface area contributed by atoms with Gasteiger partial charge in [-0.1, -0.05) is 0 Å². The van der Waals surface area contributed by atoms with Crippen LogP contribution in [0.15, 0.2) is 0 Å². The van der Waals surface area contributed by atoms with Crippen LogP contribution in [-0.2, 0) is 0 Å². The van der Waals surface area contributed by atoms with E-state index in [0.29, 0.717) is 3.43 Å². The standard InChI is InChI=1S/4C4H9.Sn/c4*1-4(2)3;/h1-3H3;3*4H,1H2,2-3H3;. The van der Waals surface area contributed by atoms with E-state index in [1.54, 1.807) is 13.3 Å². The Bertz CT molecular complexity index is 182. The van der Waals surface area contributed by atoms with Gasteiger partial charge >= 0.3 is 115 Å². The molecule has 0 heterocycles. The zero-order chi connectivity index (χ0) is 13.9. The van der Waals surface area contributed by atoms with Gasteiger partial charge in [-0.25, -0.2) is 0 Å². The predicted molar refractivity (Wildman–Crippen MR) is 84.4 cm³/mol. The van der Waals surface area contributed by atoms with Gasteiger partial charge in [-0.15, -0.1) is 0 Å². The van der Waals surface area contributed by atoms with Crippen molar-refractivity contribution in [2.75, 3.05) is 0 Å². The van der Waals surface area contributed by atoms with Crippen molar-refractivity contribution in [1.29, 1.82) is 0 Å². The van der Waals surface area contributed by atoms with Gasteiger partial charge in [-0.3, -0.25) is 0 Å². The Balaban J connectivity index is 5.20. The third-order valence-electron chi connectivity index (χ3n) is 3.99. The van der Waals surface area contributed by atoms with E-state index in [2.05, 4.69) is 62.3 Å². The van der Waals surface area contributed by atoms with Gasteiger partial charge < -0.3 is 0 Å². The van der Waals surface area contributed by atoms with Gasteiger partial charge in [0.25, 0.3) is 0 Å². The van der Waals surface area contributed by atoms with Crippen molar-refractivity contribution >= 4 is 18.4 Å². The molecule has 0 atom stereocenters. The maximum atomic E-state index is 2.54. The Morgan fingerprint density at radius 3 is 1.00 bits per heavy atom. The summed E-state index contributed by atoms with van der Waals surface area (Å²) in [4.78, 5) is 0. The average Bonchev–Trinajstić information content (AvgIpc) is 1.96. The third-order valence-corrected chi connectivity index (χ3v) is 26.8. The fourth-order valence-corrected chi connectivity index (χ4v) is 23.6. The molecule has 0 radical (unpaired) electrons. The fourth-order valence-electron chi connectivity index (χ4n) is 3.51. The molecule has 0 rings (SSSR count). The van der Waals surface area contributed by atoms with Crippen LogP contribution in [0.1, 0.15) is 62.3 Å². The van der Waals surface area contributed by atoms with E-state index < -0.39 is 18.4 Å². The van der Waals surface area contributed by atoms with Crippen LogP contribution in [0.4, 0.5) is 0 Å². The van der Waals surface area contributed by atoms with Crippen LogP contribution in [0.25, 0.3) is 0 Å². The quantitative estimate of drug-likeness (QED) is 0.502. The molecule has 0 saturated heterocycles. The molecule has 0 aromatic carbocycles. The van der Waals surface area contributed by atoms with Crippen LogP contribution < -0.4 is 0 Å². The van der Waals surface area contributed by atoms with Crippen LogP contribution >= 0.6 is 0 Å². The molecule has 0 aromatic heterocycles. The Hall–Kier alpha value is 0.799. The first-order chi connectivity index (χ1) is 7.50. The Morgan fingerprint density at radius 1 is 0.647 bits per heavy atom. The molecule has 0 unspecified atom stereocenters. The van der Waals surface area contributed by atoms with E-state index in [1.807, 2.05) is 0 Å². The van der Waals surface area contributed by atoms with Crippen molar-refractivity contribution in [3.05, 3.63) is 0 Å². The van der Waals surface area contributed by atoms with E-state index >= 15 is 0 Å². The fraction of sp³-hybridized carbons (Fsp3) is 1.00. The molecule has 0 amide bonds. The summed E-state index contributed by atoms with van der Waals surface area (Å²) in [7, 11) is 0. The van der Waals surface area contributed by atoms with Crippen LogP contribution in [0, 0.1) is 17.8 Å². The molecule has 0 spiro atoms. The molecule has 1 heteroatoms. The molecule has 0 aliphatic carbocycles. The molecule has 17 heavy (non-hydrogen) atoms. The van der Waals surface area contributed by atoms with Gasteiger partial charge in [0.2, 0.25) is 0 Å². The van der Waals surface area contributed by atoms with Crippen LogP contribution in [0.5, 0.6) is 0 Å². The Kier molecular flexibility index (Phi) is 7.14. The average molecular weight is 347 g/mol. The number of hydrogen-bond donors (Lipinski definition) is 0. The van der Waals surface area contributed by atoms with Gasteiger partial charge in [-0.2, -0.15) is 0 Å². The first-order valence-corrected chi connectivity index (χ1v) is 15.0. The maximum absolute atomic E-state index is 2.54. The van der Waals surface area contributed by atoms with E-state index in [0.717, 1.165) is 17.8 Å². The van der Waals surface area contributed by atoms with Gasteiger partial charge in [0.15, 0.2) is 0 Å². The van der Waals surface area contributed by atoms with Crippen molar-refractivity contribution in [3.63, 3.8) is 0 Å². The zero-order valence-electron chi connectivity index (χ0n) is 13.9. The minimum absolute atomic E-state index is 0.619. The van der Waals surface area contributed by atoms with E-state index in [1.165, 1.54) is 0 Å². The summed E-state index contributed by atoms with van der Waals surface area (Å²) in [6.07, 6.45) is 0. The second-order valence-electron chi connectivity index (χ2n) is 8.32. The summed E-state index contributed by atoms with van der Waals surface area (Å²) in [6, 6.07) is 0. The molecule has 0 bridgehead atoms. The summed E-state index contributed by atoms with van der Waals surface area (Å²) in [5.74, 6) is 2.67. The van der Waals surface area contributed by atoms with E-state index in [-0.39, 0.29) is 0 Å². The van der Waals surface area contributed by atoms with Crippen molar-refractivity contribution in [1.82, 2.24) is 0 Å². The number of rotatable bonds is 6. The molecule has 0 N–H and O–H groups in total.